The number of nitrogens with one attached hydrogen (secondary N) is 2. The van der Waals surface area contributed by atoms with Crippen molar-refractivity contribution in [3.63, 3.8) is 0 Å². The van der Waals surface area contributed by atoms with Gasteiger partial charge in [0.15, 0.2) is 10.2 Å². The molecule has 1 fully saturated rings. The van der Waals surface area contributed by atoms with E-state index >= 15 is 0 Å². The first-order chi connectivity index (χ1) is 16.7. The maximum atomic E-state index is 12.9. The summed E-state index contributed by atoms with van der Waals surface area (Å²) in [6.07, 6.45) is 1.75. The van der Waals surface area contributed by atoms with Gasteiger partial charge in [0.25, 0.3) is 0 Å². The topological polar surface area (TPSA) is 70.4 Å². The van der Waals surface area contributed by atoms with Crippen molar-refractivity contribution in [3.05, 3.63) is 109 Å². The number of hydrogen-bond acceptors (Lipinski definition) is 5. The average Bonchev–Trinajstić information content (AvgIpc) is 3.45. The number of benzene rings is 2. The monoisotopic (exact) mass is 486 g/mol. The molecule has 6 nitrogen and oxygen atoms in total. The number of amides is 1. The summed E-state index contributed by atoms with van der Waals surface area (Å²) in [6, 6.07) is 28.5. The molecule has 1 amide bonds. The number of carbonyl (C=O) groups excluding carboxylic acids is 1. The second kappa shape index (κ2) is 10.1. The van der Waals surface area contributed by atoms with E-state index in [1.165, 1.54) is 0 Å². The molecule has 2 N–H and O–H groups in total. The second-order valence-electron chi connectivity index (χ2n) is 7.74. The molecule has 5 rings (SSSR count). The highest BCUT2D eigenvalue weighted by Gasteiger charge is 2.42. The van der Waals surface area contributed by atoms with Gasteiger partial charge in [-0.25, -0.2) is 0 Å². The van der Waals surface area contributed by atoms with E-state index in [9.17, 15) is 4.79 Å². The fourth-order valence-corrected chi connectivity index (χ4v) is 5.02. The Morgan fingerprint density at radius 3 is 2.47 bits per heavy atom. The summed E-state index contributed by atoms with van der Waals surface area (Å²) in [7, 11) is 0. The van der Waals surface area contributed by atoms with Crippen molar-refractivity contribution in [2.45, 2.75) is 22.1 Å². The van der Waals surface area contributed by atoms with Crippen LogP contribution in [0.25, 0.3) is 0 Å². The molecular formula is C26H22N4O2S2. The lowest BCUT2D eigenvalue weighted by Gasteiger charge is -2.25. The van der Waals surface area contributed by atoms with Gasteiger partial charge in [0, 0.05) is 16.8 Å². The second-order valence-corrected chi connectivity index (χ2v) is 9.21. The van der Waals surface area contributed by atoms with E-state index in [2.05, 4.69) is 15.6 Å². The minimum absolute atomic E-state index is 0.0799. The predicted octanol–water partition coefficient (Wildman–Crippen LogP) is 5.44. The summed E-state index contributed by atoms with van der Waals surface area (Å²) in [5.74, 6) is 0.557. The van der Waals surface area contributed by atoms with E-state index < -0.39 is 0 Å². The highest BCUT2D eigenvalue weighted by Crippen LogP contribution is 2.41. The zero-order valence-electron chi connectivity index (χ0n) is 18.1. The van der Waals surface area contributed by atoms with Crippen LogP contribution in [0.1, 0.15) is 23.5 Å². The molecular weight excluding hydrogens is 464 g/mol. The van der Waals surface area contributed by atoms with Gasteiger partial charge in [-0.2, -0.15) is 0 Å². The number of para-hydroxylation sites is 1. The molecule has 2 aromatic heterocycles. The van der Waals surface area contributed by atoms with Crippen LogP contribution in [0.2, 0.25) is 0 Å². The van der Waals surface area contributed by atoms with Crippen molar-refractivity contribution >= 4 is 40.7 Å². The van der Waals surface area contributed by atoms with E-state index in [-0.39, 0.29) is 24.5 Å². The van der Waals surface area contributed by atoms with E-state index in [0.717, 1.165) is 21.4 Å². The van der Waals surface area contributed by atoms with Crippen molar-refractivity contribution in [2.75, 3.05) is 11.9 Å². The number of thiocarbonyl (C=S) groups is 1. The normalized spacial score (nSPS) is 17.4. The third-order valence-electron chi connectivity index (χ3n) is 5.42. The minimum Gasteiger partial charge on any atom is -0.452 e. The molecule has 8 heteroatoms. The third-order valence-corrected chi connectivity index (χ3v) is 6.71. The van der Waals surface area contributed by atoms with Crippen molar-refractivity contribution < 1.29 is 9.21 Å². The van der Waals surface area contributed by atoms with Crippen molar-refractivity contribution in [2.24, 2.45) is 0 Å². The van der Waals surface area contributed by atoms with Gasteiger partial charge in [-0.15, -0.1) is 0 Å². The summed E-state index contributed by atoms with van der Waals surface area (Å²) in [6.45, 7) is 0.0799. The molecule has 3 heterocycles. The Kier molecular flexibility index (Phi) is 6.60. The molecule has 34 heavy (non-hydrogen) atoms. The van der Waals surface area contributed by atoms with Crippen LogP contribution >= 0.6 is 24.0 Å². The van der Waals surface area contributed by atoms with Gasteiger partial charge in [0.1, 0.15) is 18.3 Å². The van der Waals surface area contributed by atoms with Crippen LogP contribution in [0.4, 0.5) is 5.69 Å². The Morgan fingerprint density at radius 2 is 1.74 bits per heavy atom. The molecule has 0 bridgehead atoms. The summed E-state index contributed by atoms with van der Waals surface area (Å²) in [4.78, 5) is 20.4. The van der Waals surface area contributed by atoms with Crippen LogP contribution in [0, 0.1) is 0 Å². The SMILES string of the molecule is O=C(CN1C(=S)N[C@@H](c2ccccn2)[C@H]1c1ccc(Sc2ccccc2)o1)Nc1ccccc1. The van der Waals surface area contributed by atoms with Gasteiger partial charge >= 0.3 is 0 Å². The quantitative estimate of drug-likeness (QED) is 0.337. The Morgan fingerprint density at radius 1 is 1.00 bits per heavy atom. The minimum atomic E-state index is -0.325. The lowest BCUT2D eigenvalue weighted by molar-refractivity contribution is -0.116. The number of furan rings is 1. The van der Waals surface area contributed by atoms with Crippen LogP contribution < -0.4 is 10.6 Å². The van der Waals surface area contributed by atoms with E-state index in [0.29, 0.717) is 10.9 Å². The van der Waals surface area contributed by atoms with Crippen LogP contribution in [0.5, 0.6) is 0 Å². The molecule has 0 unspecified atom stereocenters. The Labute approximate surface area is 207 Å². The van der Waals surface area contributed by atoms with Crippen LogP contribution in [-0.2, 0) is 4.79 Å². The van der Waals surface area contributed by atoms with Crippen LogP contribution in [0.3, 0.4) is 0 Å². The number of carbonyl (C=O) groups is 1. The fraction of sp³-hybridized carbons (Fsp3) is 0.115. The zero-order chi connectivity index (χ0) is 23.3. The lowest BCUT2D eigenvalue weighted by Crippen LogP contribution is -2.36. The summed E-state index contributed by atoms with van der Waals surface area (Å²) in [5, 5.41) is 7.54. The van der Waals surface area contributed by atoms with E-state index in [1.807, 2.05) is 95.9 Å². The zero-order valence-corrected chi connectivity index (χ0v) is 19.8. The van der Waals surface area contributed by atoms with Gasteiger partial charge in [-0.3, -0.25) is 9.78 Å². The largest absolute Gasteiger partial charge is 0.452 e. The van der Waals surface area contributed by atoms with Gasteiger partial charge in [0.05, 0.1) is 11.7 Å². The molecule has 2 atom stereocenters. The standard InChI is InChI=1S/C26H22N4O2S2/c31-22(28-18-9-3-1-4-10-18)17-30-25(24(29-26(30)33)20-13-7-8-16-27-20)21-14-15-23(32-21)34-19-11-5-2-6-12-19/h1-16,24-25H,17H2,(H,28,31)(H,29,33)/t24-,25+/m0/s1. The highest BCUT2D eigenvalue weighted by atomic mass is 32.2. The molecule has 0 radical (unpaired) electrons. The van der Waals surface area contributed by atoms with Gasteiger partial charge < -0.3 is 20.0 Å². The van der Waals surface area contributed by atoms with Crippen LogP contribution in [0.15, 0.2) is 112 Å². The molecule has 0 aliphatic carbocycles. The third kappa shape index (κ3) is 4.98. The van der Waals surface area contributed by atoms with Gasteiger partial charge in [-0.05, 0) is 60.7 Å². The molecule has 170 valence electrons. The average molecular weight is 487 g/mol. The lowest BCUT2D eigenvalue weighted by atomic mass is 10.0. The van der Waals surface area contributed by atoms with Crippen LogP contribution in [-0.4, -0.2) is 27.4 Å². The van der Waals surface area contributed by atoms with E-state index in [4.69, 9.17) is 16.6 Å². The highest BCUT2D eigenvalue weighted by molar-refractivity contribution is 7.99. The van der Waals surface area contributed by atoms with E-state index in [1.54, 1.807) is 18.0 Å². The van der Waals surface area contributed by atoms with Gasteiger partial charge in [-0.1, -0.05) is 54.2 Å². The molecule has 0 saturated carbocycles. The maximum Gasteiger partial charge on any atom is 0.244 e. The summed E-state index contributed by atoms with van der Waals surface area (Å²) in [5.41, 5.74) is 1.57. The number of hydrogen-bond donors (Lipinski definition) is 2. The first-order valence-corrected chi connectivity index (χ1v) is 12.1. The first-order valence-electron chi connectivity index (χ1n) is 10.8. The number of rotatable bonds is 7. The first kappa shape index (κ1) is 22.2. The molecule has 1 saturated heterocycles. The number of anilines is 1. The summed E-state index contributed by atoms with van der Waals surface area (Å²) >= 11 is 7.20. The summed E-state index contributed by atoms with van der Waals surface area (Å²) < 4.78 is 6.26. The molecule has 2 aromatic carbocycles. The number of aromatic nitrogens is 1. The van der Waals surface area contributed by atoms with Crippen molar-refractivity contribution in [3.8, 4) is 0 Å². The molecule has 1 aliphatic rings. The molecule has 0 spiro atoms. The Hall–Kier alpha value is -3.62. The van der Waals surface area contributed by atoms with Crippen molar-refractivity contribution in [1.82, 2.24) is 15.2 Å². The number of pyridine rings is 1. The Balaban J connectivity index is 1.42. The number of nitrogens with zero attached hydrogens (tertiary/aromatic N) is 2. The maximum absolute atomic E-state index is 12.9. The molecule has 4 aromatic rings. The fourth-order valence-electron chi connectivity index (χ4n) is 3.91. The predicted molar refractivity (Wildman–Crippen MR) is 137 cm³/mol. The van der Waals surface area contributed by atoms with Gasteiger partial charge in [0.2, 0.25) is 5.91 Å². The smallest absolute Gasteiger partial charge is 0.244 e. The molecule has 1 aliphatic heterocycles. The Bertz CT molecular complexity index is 1270. The van der Waals surface area contributed by atoms with Crippen molar-refractivity contribution in [1.29, 1.82) is 0 Å².